The SMILES string of the molecule is CC(C)(NC(=O)c1ccc(Cn2cncn2)cc1)c1ccc2c(c1)OCO2. The molecule has 0 fully saturated rings. The van der Waals surface area contributed by atoms with E-state index in [0.717, 1.165) is 16.9 Å². The molecule has 2 heterocycles. The van der Waals surface area contributed by atoms with Crippen LogP contribution in [0.2, 0.25) is 0 Å². The van der Waals surface area contributed by atoms with Gasteiger partial charge in [0, 0.05) is 5.56 Å². The van der Waals surface area contributed by atoms with Gasteiger partial charge in [-0.25, -0.2) is 9.67 Å². The number of nitrogens with one attached hydrogen (secondary N) is 1. The van der Waals surface area contributed by atoms with Gasteiger partial charge in [0.25, 0.3) is 5.91 Å². The maximum atomic E-state index is 12.7. The first kappa shape index (κ1) is 17.1. The molecule has 0 spiro atoms. The van der Waals surface area contributed by atoms with Crippen LogP contribution in [-0.4, -0.2) is 27.5 Å². The summed E-state index contributed by atoms with van der Waals surface area (Å²) in [4.78, 5) is 16.6. The second-order valence-electron chi connectivity index (χ2n) is 6.94. The Bertz CT molecular complexity index is 950. The largest absolute Gasteiger partial charge is 0.454 e. The lowest BCUT2D eigenvalue weighted by atomic mass is 9.93. The van der Waals surface area contributed by atoms with Crippen molar-refractivity contribution in [2.45, 2.75) is 25.9 Å². The molecule has 4 rings (SSSR count). The Morgan fingerprint density at radius 1 is 1.15 bits per heavy atom. The van der Waals surface area contributed by atoms with E-state index in [1.165, 1.54) is 6.33 Å². The minimum Gasteiger partial charge on any atom is -0.454 e. The molecule has 1 aliphatic heterocycles. The number of hydrogen-bond donors (Lipinski definition) is 1. The number of fused-ring (bicyclic) bond motifs is 1. The molecule has 0 bridgehead atoms. The van der Waals surface area contributed by atoms with Crippen molar-refractivity contribution in [3.63, 3.8) is 0 Å². The Morgan fingerprint density at radius 2 is 1.93 bits per heavy atom. The minimum atomic E-state index is -0.558. The van der Waals surface area contributed by atoms with E-state index in [1.54, 1.807) is 11.0 Å². The standard InChI is InChI=1S/C20H20N4O3/c1-20(2,16-7-8-17-18(9-16)27-13-26-17)23-19(25)15-5-3-14(4-6-15)10-24-12-21-11-22-24/h3-9,11-12H,10,13H2,1-2H3,(H,23,25). The number of amides is 1. The van der Waals surface area contributed by atoms with Gasteiger partial charge in [-0.15, -0.1) is 0 Å². The second kappa shape index (κ2) is 6.75. The summed E-state index contributed by atoms with van der Waals surface area (Å²) < 4.78 is 12.5. The van der Waals surface area contributed by atoms with Crippen molar-refractivity contribution < 1.29 is 14.3 Å². The van der Waals surface area contributed by atoms with Gasteiger partial charge in [0.15, 0.2) is 11.5 Å². The molecule has 0 saturated carbocycles. The smallest absolute Gasteiger partial charge is 0.251 e. The quantitative estimate of drug-likeness (QED) is 0.753. The van der Waals surface area contributed by atoms with Gasteiger partial charge in [0.1, 0.15) is 12.7 Å². The Morgan fingerprint density at radius 3 is 2.67 bits per heavy atom. The molecule has 0 saturated heterocycles. The number of hydrogen-bond acceptors (Lipinski definition) is 5. The van der Waals surface area contributed by atoms with Crippen molar-refractivity contribution in [2.24, 2.45) is 0 Å². The summed E-state index contributed by atoms with van der Waals surface area (Å²) in [6.07, 6.45) is 3.16. The number of carbonyl (C=O) groups is 1. The summed E-state index contributed by atoms with van der Waals surface area (Å²) in [7, 11) is 0. The normalized spacial score (nSPS) is 12.8. The molecule has 7 nitrogen and oxygen atoms in total. The molecule has 1 aliphatic rings. The topological polar surface area (TPSA) is 78.3 Å². The molecule has 0 atom stereocenters. The number of aromatic nitrogens is 3. The Labute approximate surface area is 156 Å². The van der Waals surface area contributed by atoms with E-state index in [2.05, 4.69) is 15.4 Å². The third kappa shape index (κ3) is 3.62. The van der Waals surface area contributed by atoms with Crippen LogP contribution in [0.5, 0.6) is 11.5 Å². The molecule has 7 heteroatoms. The fourth-order valence-corrected chi connectivity index (χ4v) is 2.98. The lowest BCUT2D eigenvalue weighted by molar-refractivity contribution is 0.0912. The van der Waals surface area contributed by atoms with Crippen LogP contribution in [0.25, 0.3) is 0 Å². The lowest BCUT2D eigenvalue weighted by Gasteiger charge is -2.27. The van der Waals surface area contributed by atoms with Crippen LogP contribution in [0.4, 0.5) is 0 Å². The summed E-state index contributed by atoms with van der Waals surface area (Å²) in [5.41, 5.74) is 2.04. The predicted octanol–water partition coefficient (Wildman–Crippen LogP) is 2.72. The molecule has 0 radical (unpaired) electrons. The van der Waals surface area contributed by atoms with Gasteiger partial charge in [-0.2, -0.15) is 5.10 Å². The van der Waals surface area contributed by atoms with E-state index in [4.69, 9.17) is 9.47 Å². The maximum absolute atomic E-state index is 12.7. The van der Waals surface area contributed by atoms with Gasteiger partial charge in [0.2, 0.25) is 6.79 Å². The van der Waals surface area contributed by atoms with Crippen LogP contribution in [-0.2, 0) is 12.1 Å². The van der Waals surface area contributed by atoms with E-state index < -0.39 is 5.54 Å². The zero-order valence-electron chi connectivity index (χ0n) is 15.2. The monoisotopic (exact) mass is 364 g/mol. The van der Waals surface area contributed by atoms with Crippen molar-refractivity contribution >= 4 is 5.91 Å². The van der Waals surface area contributed by atoms with E-state index in [9.17, 15) is 4.79 Å². The molecule has 0 aliphatic carbocycles. The Balaban J connectivity index is 1.46. The molecule has 27 heavy (non-hydrogen) atoms. The highest BCUT2D eigenvalue weighted by molar-refractivity contribution is 5.94. The van der Waals surface area contributed by atoms with Gasteiger partial charge in [-0.3, -0.25) is 4.79 Å². The number of nitrogens with zero attached hydrogens (tertiary/aromatic N) is 3. The fraction of sp³-hybridized carbons (Fsp3) is 0.250. The average Bonchev–Trinajstić information content (AvgIpc) is 3.32. The summed E-state index contributed by atoms with van der Waals surface area (Å²) in [5, 5.41) is 7.17. The van der Waals surface area contributed by atoms with Crippen LogP contribution < -0.4 is 14.8 Å². The number of ether oxygens (including phenoxy) is 2. The van der Waals surface area contributed by atoms with Gasteiger partial charge in [0.05, 0.1) is 12.1 Å². The van der Waals surface area contributed by atoms with E-state index in [1.807, 2.05) is 56.3 Å². The molecule has 1 N–H and O–H groups in total. The zero-order valence-corrected chi connectivity index (χ0v) is 15.2. The van der Waals surface area contributed by atoms with Crippen molar-refractivity contribution in [2.75, 3.05) is 6.79 Å². The van der Waals surface area contributed by atoms with E-state index >= 15 is 0 Å². The van der Waals surface area contributed by atoms with Crippen LogP contribution in [0.3, 0.4) is 0 Å². The highest BCUT2D eigenvalue weighted by Gasteiger charge is 2.26. The van der Waals surface area contributed by atoms with Crippen LogP contribution in [0, 0.1) is 0 Å². The number of rotatable bonds is 5. The van der Waals surface area contributed by atoms with Crippen molar-refractivity contribution in [3.8, 4) is 11.5 Å². The molecule has 1 amide bonds. The fourth-order valence-electron chi connectivity index (χ4n) is 2.98. The van der Waals surface area contributed by atoms with Gasteiger partial charge in [-0.05, 0) is 49.2 Å². The molecule has 2 aromatic carbocycles. The molecular formula is C20H20N4O3. The van der Waals surface area contributed by atoms with Crippen molar-refractivity contribution in [3.05, 3.63) is 71.8 Å². The van der Waals surface area contributed by atoms with Crippen LogP contribution >= 0.6 is 0 Å². The first-order chi connectivity index (χ1) is 13.0. The second-order valence-corrected chi connectivity index (χ2v) is 6.94. The molecule has 3 aromatic rings. The Hall–Kier alpha value is -3.35. The van der Waals surface area contributed by atoms with E-state index in [0.29, 0.717) is 17.9 Å². The number of carbonyl (C=O) groups excluding carboxylic acids is 1. The maximum Gasteiger partial charge on any atom is 0.251 e. The molecule has 1 aromatic heterocycles. The summed E-state index contributed by atoms with van der Waals surface area (Å²) in [6, 6.07) is 13.2. The average molecular weight is 364 g/mol. The summed E-state index contributed by atoms with van der Waals surface area (Å²) in [6.45, 7) is 4.76. The molecule has 0 unspecified atom stereocenters. The zero-order chi connectivity index (χ0) is 18.9. The predicted molar refractivity (Wildman–Crippen MR) is 98.6 cm³/mol. The van der Waals surface area contributed by atoms with Crippen molar-refractivity contribution in [1.82, 2.24) is 20.1 Å². The third-order valence-electron chi connectivity index (χ3n) is 4.55. The minimum absolute atomic E-state index is 0.134. The first-order valence-electron chi connectivity index (χ1n) is 8.65. The molecular weight excluding hydrogens is 344 g/mol. The Kier molecular flexibility index (Phi) is 4.27. The third-order valence-corrected chi connectivity index (χ3v) is 4.55. The van der Waals surface area contributed by atoms with Gasteiger partial charge >= 0.3 is 0 Å². The van der Waals surface area contributed by atoms with Gasteiger partial charge < -0.3 is 14.8 Å². The summed E-state index contributed by atoms with van der Waals surface area (Å²) in [5.74, 6) is 1.29. The van der Waals surface area contributed by atoms with Gasteiger partial charge in [-0.1, -0.05) is 18.2 Å². The highest BCUT2D eigenvalue weighted by Crippen LogP contribution is 2.35. The molecule has 138 valence electrons. The van der Waals surface area contributed by atoms with E-state index in [-0.39, 0.29) is 12.7 Å². The van der Waals surface area contributed by atoms with Crippen molar-refractivity contribution in [1.29, 1.82) is 0 Å². The van der Waals surface area contributed by atoms with Crippen LogP contribution in [0.1, 0.15) is 35.3 Å². The lowest BCUT2D eigenvalue weighted by Crippen LogP contribution is -2.41. The number of benzene rings is 2. The summed E-state index contributed by atoms with van der Waals surface area (Å²) >= 11 is 0. The highest BCUT2D eigenvalue weighted by atomic mass is 16.7. The first-order valence-corrected chi connectivity index (χ1v) is 8.65. The van der Waals surface area contributed by atoms with Crippen LogP contribution in [0.15, 0.2) is 55.1 Å².